The summed E-state index contributed by atoms with van der Waals surface area (Å²) in [5, 5.41) is 3.58. The summed E-state index contributed by atoms with van der Waals surface area (Å²) in [6.45, 7) is 0.635. The van der Waals surface area contributed by atoms with Gasteiger partial charge in [0.15, 0.2) is 0 Å². The molecular formula is C31H30N6O. The number of aliphatic imine (C=N–C) groups is 1. The summed E-state index contributed by atoms with van der Waals surface area (Å²) in [6.07, 6.45) is 8.54. The number of rotatable bonds is 5. The van der Waals surface area contributed by atoms with Gasteiger partial charge < -0.3 is 14.8 Å². The topological polar surface area (TPSA) is 65.8 Å². The smallest absolute Gasteiger partial charge is 0.266 e. The number of carbonyl (C=O) groups is 1. The van der Waals surface area contributed by atoms with Gasteiger partial charge in [-0.15, -0.1) is 0 Å². The summed E-state index contributed by atoms with van der Waals surface area (Å²) in [4.78, 5) is 27.4. The molecule has 1 saturated carbocycles. The standard InChI is InChI=1S/C31H30N6O/c1-35-30(38)28-27(37-26-13-6-5-12-25(26)34-31(35)37)20-36(29(28)33-23-9-3-2-4-10-23)19-21-14-16-22(17-15-21)24-11-7-8-18-32-24/h2-4,7-11,14-18,20,25-26,33H,5-6,12-13,19H2,1H3. The van der Waals surface area contributed by atoms with Gasteiger partial charge >= 0.3 is 0 Å². The van der Waals surface area contributed by atoms with Crippen LogP contribution in [0.2, 0.25) is 0 Å². The van der Waals surface area contributed by atoms with Gasteiger partial charge in [0, 0.05) is 37.2 Å². The Morgan fingerprint density at radius 2 is 1.74 bits per heavy atom. The minimum Gasteiger partial charge on any atom is -0.341 e. The third kappa shape index (κ3) is 3.77. The van der Waals surface area contributed by atoms with Gasteiger partial charge in [-0.3, -0.25) is 14.7 Å². The van der Waals surface area contributed by atoms with Gasteiger partial charge in [0.25, 0.3) is 5.91 Å². The van der Waals surface area contributed by atoms with Crippen LogP contribution >= 0.6 is 0 Å². The van der Waals surface area contributed by atoms with Crippen LogP contribution in [0, 0.1) is 0 Å². The molecule has 2 aliphatic heterocycles. The molecule has 7 rings (SSSR count). The maximum absolute atomic E-state index is 13.8. The quantitative estimate of drug-likeness (QED) is 0.368. The zero-order valence-corrected chi connectivity index (χ0v) is 21.4. The predicted molar refractivity (Wildman–Crippen MR) is 151 cm³/mol. The number of fused-ring (bicyclic) bond motifs is 5. The molecular weight excluding hydrogens is 472 g/mol. The summed E-state index contributed by atoms with van der Waals surface area (Å²) in [5.41, 5.74) is 5.82. The second-order valence-electron chi connectivity index (χ2n) is 10.4. The molecule has 0 spiro atoms. The third-order valence-corrected chi connectivity index (χ3v) is 7.96. The summed E-state index contributed by atoms with van der Waals surface area (Å²) in [6, 6.07) is 25.1. The van der Waals surface area contributed by atoms with E-state index in [9.17, 15) is 4.79 Å². The summed E-state index contributed by atoms with van der Waals surface area (Å²) in [7, 11) is 1.86. The van der Waals surface area contributed by atoms with Gasteiger partial charge in [-0.25, -0.2) is 4.99 Å². The molecule has 7 heteroatoms. The van der Waals surface area contributed by atoms with E-state index in [0.717, 1.165) is 52.8 Å². The first-order valence-electron chi connectivity index (χ1n) is 13.4. The molecule has 1 fully saturated rings. The molecule has 0 saturated heterocycles. The number of para-hydroxylation sites is 1. The van der Waals surface area contributed by atoms with Crippen molar-refractivity contribution in [3.05, 3.63) is 96.3 Å². The molecule has 38 heavy (non-hydrogen) atoms. The Morgan fingerprint density at radius 1 is 0.947 bits per heavy atom. The molecule has 1 N–H and O–H groups in total. The second kappa shape index (κ2) is 9.17. The first kappa shape index (κ1) is 22.8. The Morgan fingerprint density at radius 3 is 2.53 bits per heavy atom. The fourth-order valence-electron chi connectivity index (χ4n) is 6.06. The summed E-state index contributed by atoms with van der Waals surface area (Å²) >= 11 is 0. The van der Waals surface area contributed by atoms with Crippen molar-refractivity contribution in [2.75, 3.05) is 17.3 Å². The van der Waals surface area contributed by atoms with Crippen LogP contribution in [-0.2, 0) is 6.54 Å². The van der Waals surface area contributed by atoms with Gasteiger partial charge in [-0.2, -0.15) is 0 Å². The minimum absolute atomic E-state index is 0.0173. The van der Waals surface area contributed by atoms with Gasteiger partial charge in [-0.05, 0) is 42.7 Å². The Kier molecular flexibility index (Phi) is 5.50. The number of carbonyl (C=O) groups excluding carboxylic acids is 1. The van der Waals surface area contributed by atoms with Crippen molar-refractivity contribution in [1.29, 1.82) is 0 Å². The number of nitrogens with one attached hydrogen (secondary N) is 1. The van der Waals surface area contributed by atoms with Crippen LogP contribution in [0.1, 0.15) is 41.6 Å². The summed E-state index contributed by atoms with van der Waals surface area (Å²) < 4.78 is 2.18. The number of guanidine groups is 1. The highest BCUT2D eigenvalue weighted by molar-refractivity contribution is 6.22. The number of benzene rings is 2. The highest BCUT2D eigenvalue weighted by Crippen LogP contribution is 2.43. The van der Waals surface area contributed by atoms with Gasteiger partial charge in [0.2, 0.25) is 5.96 Å². The summed E-state index contributed by atoms with van der Waals surface area (Å²) in [5.74, 6) is 1.59. The number of pyridine rings is 1. The van der Waals surface area contributed by atoms with E-state index in [1.807, 2.05) is 61.8 Å². The normalized spacial score (nSPS) is 20.0. The molecule has 2 aromatic heterocycles. The second-order valence-corrected chi connectivity index (χ2v) is 10.4. The monoisotopic (exact) mass is 502 g/mol. The van der Waals surface area contributed by atoms with Crippen molar-refractivity contribution in [3.63, 3.8) is 0 Å². The van der Waals surface area contributed by atoms with E-state index < -0.39 is 0 Å². The average Bonchev–Trinajstić information content (AvgIpc) is 3.52. The molecule has 2 aromatic carbocycles. The van der Waals surface area contributed by atoms with Gasteiger partial charge in [0.05, 0.1) is 23.5 Å². The van der Waals surface area contributed by atoms with E-state index in [-0.39, 0.29) is 11.9 Å². The lowest BCUT2D eigenvalue weighted by molar-refractivity contribution is 0.0866. The Labute approximate surface area is 222 Å². The van der Waals surface area contributed by atoms with Crippen LogP contribution in [0.5, 0.6) is 0 Å². The number of nitrogens with zero attached hydrogens (tertiary/aromatic N) is 5. The average molecular weight is 503 g/mol. The van der Waals surface area contributed by atoms with Crippen molar-refractivity contribution in [2.45, 2.75) is 44.3 Å². The number of hydrogen-bond donors (Lipinski definition) is 1. The van der Waals surface area contributed by atoms with Crippen LogP contribution < -0.4 is 10.2 Å². The van der Waals surface area contributed by atoms with Crippen LogP contribution in [0.15, 0.2) is 90.2 Å². The molecule has 7 nitrogen and oxygen atoms in total. The Balaban J connectivity index is 1.30. The molecule has 190 valence electrons. The fraction of sp³-hybridized carbons (Fsp3) is 0.258. The first-order valence-corrected chi connectivity index (χ1v) is 13.4. The lowest BCUT2D eigenvalue weighted by Crippen LogP contribution is -2.52. The van der Waals surface area contributed by atoms with Crippen molar-refractivity contribution in [1.82, 2.24) is 14.5 Å². The number of anilines is 3. The van der Waals surface area contributed by atoms with E-state index in [1.54, 1.807) is 4.90 Å². The number of amides is 1. The van der Waals surface area contributed by atoms with Crippen molar-refractivity contribution in [2.24, 2.45) is 4.99 Å². The van der Waals surface area contributed by atoms with Crippen LogP contribution in [-0.4, -0.2) is 45.4 Å². The van der Waals surface area contributed by atoms with Gasteiger partial charge in [-0.1, -0.05) is 61.4 Å². The predicted octanol–water partition coefficient (Wildman–Crippen LogP) is 5.91. The molecule has 4 aromatic rings. The van der Waals surface area contributed by atoms with Crippen molar-refractivity contribution >= 4 is 29.1 Å². The highest BCUT2D eigenvalue weighted by Gasteiger charge is 2.47. The van der Waals surface area contributed by atoms with Crippen molar-refractivity contribution < 1.29 is 4.79 Å². The molecule has 1 amide bonds. The zero-order valence-electron chi connectivity index (χ0n) is 21.4. The van der Waals surface area contributed by atoms with E-state index in [0.29, 0.717) is 18.2 Å². The van der Waals surface area contributed by atoms with E-state index in [1.165, 1.54) is 12.8 Å². The number of aromatic nitrogens is 2. The molecule has 0 bridgehead atoms. The largest absolute Gasteiger partial charge is 0.341 e. The number of hydrogen-bond acceptors (Lipinski definition) is 5. The first-order chi connectivity index (χ1) is 18.7. The lowest BCUT2D eigenvalue weighted by atomic mass is 9.90. The van der Waals surface area contributed by atoms with Crippen LogP contribution in [0.4, 0.5) is 17.2 Å². The molecule has 4 heterocycles. The minimum atomic E-state index is -0.0173. The maximum Gasteiger partial charge on any atom is 0.266 e. The Bertz CT molecular complexity index is 1510. The Hall–Kier alpha value is -4.39. The lowest BCUT2D eigenvalue weighted by Gasteiger charge is -2.37. The van der Waals surface area contributed by atoms with E-state index >= 15 is 0 Å². The SMILES string of the molecule is CN1C(=O)c2c(cn(Cc3ccc(-c4ccccn4)cc3)c2Nc2ccccc2)N2C1=NC1CCCCC12. The third-order valence-electron chi connectivity index (χ3n) is 7.96. The van der Waals surface area contributed by atoms with Gasteiger partial charge in [0.1, 0.15) is 11.4 Å². The van der Waals surface area contributed by atoms with E-state index in [4.69, 9.17) is 4.99 Å². The van der Waals surface area contributed by atoms with Crippen LogP contribution in [0.3, 0.4) is 0 Å². The molecule has 1 aliphatic carbocycles. The highest BCUT2D eigenvalue weighted by atomic mass is 16.2. The molecule has 2 unspecified atom stereocenters. The van der Waals surface area contributed by atoms with Crippen molar-refractivity contribution in [3.8, 4) is 11.3 Å². The zero-order chi connectivity index (χ0) is 25.6. The van der Waals surface area contributed by atoms with E-state index in [2.05, 4.69) is 50.2 Å². The molecule has 2 atom stereocenters. The maximum atomic E-state index is 13.8. The van der Waals surface area contributed by atoms with Crippen LogP contribution in [0.25, 0.3) is 11.3 Å². The fourth-order valence-corrected chi connectivity index (χ4v) is 6.06. The molecule has 3 aliphatic rings. The molecule has 0 radical (unpaired) electrons.